The summed E-state index contributed by atoms with van der Waals surface area (Å²) < 4.78 is 6.33. The molecule has 0 unspecified atom stereocenters. The summed E-state index contributed by atoms with van der Waals surface area (Å²) >= 11 is 0. The summed E-state index contributed by atoms with van der Waals surface area (Å²) in [5.74, 6) is 0.205. The molecular formula is C21H36ClNO3. The molecule has 26 heavy (non-hydrogen) atoms. The summed E-state index contributed by atoms with van der Waals surface area (Å²) in [6.07, 6.45) is 1.01. The third-order valence-electron chi connectivity index (χ3n) is 5.21. The van der Waals surface area contributed by atoms with Crippen LogP contribution in [0.3, 0.4) is 0 Å². The number of esters is 1. The number of halogens is 1. The van der Waals surface area contributed by atoms with Gasteiger partial charge in [0.05, 0.1) is 20.1 Å². The van der Waals surface area contributed by atoms with E-state index in [-0.39, 0.29) is 23.8 Å². The fourth-order valence-electron chi connectivity index (χ4n) is 2.81. The first-order chi connectivity index (χ1) is 11.5. The number of quaternary nitrogens is 1. The number of phenolic OH excluding ortho intramolecular Hbond substituents is 1. The molecule has 4 nitrogen and oxygen atoms in total. The Labute approximate surface area is 165 Å². The van der Waals surface area contributed by atoms with E-state index in [1.54, 1.807) is 0 Å². The second-order valence-electron chi connectivity index (χ2n) is 8.25. The Morgan fingerprint density at radius 3 is 2.27 bits per heavy atom. The van der Waals surface area contributed by atoms with E-state index in [1.165, 1.54) is 0 Å². The third-order valence-corrected chi connectivity index (χ3v) is 5.21. The number of phenols is 1. The average molecular weight is 386 g/mol. The van der Waals surface area contributed by atoms with Crippen molar-refractivity contribution in [3.63, 3.8) is 0 Å². The molecule has 0 atom stereocenters. The predicted octanol–water partition coefficient (Wildman–Crippen LogP) is 0.964. The van der Waals surface area contributed by atoms with E-state index in [0.717, 1.165) is 40.8 Å². The first-order valence-corrected chi connectivity index (χ1v) is 9.34. The number of rotatable bonds is 8. The van der Waals surface area contributed by atoms with Gasteiger partial charge in [-0.2, -0.15) is 0 Å². The van der Waals surface area contributed by atoms with Crippen molar-refractivity contribution in [3.8, 4) is 5.75 Å². The Kier molecular flexibility index (Phi) is 9.68. The fraction of sp³-hybridized carbons (Fsp3) is 0.667. The molecule has 0 saturated carbocycles. The number of aryl methyl sites for hydroxylation is 2. The molecule has 0 aromatic heterocycles. The van der Waals surface area contributed by atoms with Crippen LogP contribution in [0.15, 0.2) is 12.1 Å². The lowest BCUT2D eigenvalue weighted by Crippen LogP contribution is -3.00. The molecule has 0 aliphatic carbocycles. The molecule has 0 saturated heterocycles. The van der Waals surface area contributed by atoms with Gasteiger partial charge in [-0.25, -0.2) is 0 Å². The van der Waals surface area contributed by atoms with Gasteiger partial charge in [0.25, 0.3) is 0 Å². The summed E-state index contributed by atoms with van der Waals surface area (Å²) in [6.45, 7) is 15.9. The van der Waals surface area contributed by atoms with Gasteiger partial charge in [-0.05, 0) is 49.3 Å². The summed E-state index contributed by atoms with van der Waals surface area (Å²) in [4.78, 5) is 12.0. The van der Waals surface area contributed by atoms with E-state index in [2.05, 4.69) is 41.7 Å². The van der Waals surface area contributed by atoms with E-state index in [0.29, 0.717) is 25.2 Å². The normalized spacial score (nSPS) is 11.8. The number of hydrogen-bond acceptors (Lipinski definition) is 3. The van der Waals surface area contributed by atoms with Gasteiger partial charge < -0.3 is 26.7 Å². The average Bonchev–Trinajstić information content (AvgIpc) is 2.54. The summed E-state index contributed by atoms with van der Waals surface area (Å²) in [6, 6.07) is 3.97. The number of ether oxygens (including phenoxy) is 1. The number of hydrogen-bond donors (Lipinski definition) is 1. The lowest BCUT2D eigenvalue weighted by Gasteiger charge is -2.31. The highest BCUT2D eigenvalue weighted by Crippen LogP contribution is 2.34. The van der Waals surface area contributed by atoms with E-state index in [9.17, 15) is 9.90 Å². The van der Waals surface area contributed by atoms with Crippen LogP contribution in [-0.2, 0) is 21.4 Å². The Morgan fingerprint density at radius 1 is 1.19 bits per heavy atom. The molecule has 0 amide bonds. The summed E-state index contributed by atoms with van der Waals surface area (Å²) in [7, 11) is 2.18. The van der Waals surface area contributed by atoms with Gasteiger partial charge in [0, 0.05) is 6.42 Å². The van der Waals surface area contributed by atoms with Gasteiger partial charge in [-0.1, -0.05) is 32.9 Å². The maximum absolute atomic E-state index is 12.0. The molecule has 150 valence electrons. The molecule has 0 heterocycles. The lowest BCUT2D eigenvalue weighted by atomic mass is 9.83. The largest absolute Gasteiger partial charge is 1.00 e. The molecular weight excluding hydrogens is 350 g/mol. The predicted molar refractivity (Wildman–Crippen MR) is 103 cm³/mol. The van der Waals surface area contributed by atoms with E-state index < -0.39 is 0 Å². The van der Waals surface area contributed by atoms with Crippen LogP contribution in [-0.4, -0.2) is 48.8 Å². The van der Waals surface area contributed by atoms with Crippen molar-refractivity contribution in [3.05, 3.63) is 28.8 Å². The maximum atomic E-state index is 12.0. The van der Waals surface area contributed by atoms with Crippen LogP contribution in [0.25, 0.3) is 0 Å². The Morgan fingerprint density at radius 2 is 1.77 bits per heavy atom. The molecule has 0 aliphatic rings. The van der Waals surface area contributed by atoms with Gasteiger partial charge in [0.1, 0.15) is 18.9 Å². The third kappa shape index (κ3) is 7.16. The van der Waals surface area contributed by atoms with Crippen molar-refractivity contribution in [1.29, 1.82) is 0 Å². The van der Waals surface area contributed by atoms with E-state index >= 15 is 0 Å². The minimum Gasteiger partial charge on any atom is -1.00 e. The molecule has 0 bridgehead atoms. The number of aromatic hydroxyl groups is 1. The van der Waals surface area contributed by atoms with Gasteiger partial charge in [0.2, 0.25) is 0 Å². The number of nitrogens with zero attached hydrogens (tertiary/aromatic N) is 1. The van der Waals surface area contributed by atoms with Gasteiger partial charge in [-0.15, -0.1) is 0 Å². The van der Waals surface area contributed by atoms with Crippen molar-refractivity contribution in [2.75, 3.05) is 33.3 Å². The molecule has 1 aromatic rings. The minimum atomic E-state index is -0.151. The molecule has 1 N–H and O–H groups in total. The smallest absolute Gasteiger partial charge is 0.306 e. The van der Waals surface area contributed by atoms with Crippen LogP contribution < -0.4 is 12.4 Å². The monoisotopic (exact) mass is 385 g/mol. The van der Waals surface area contributed by atoms with Crippen LogP contribution >= 0.6 is 0 Å². The number of likely N-dealkylation sites (N-methyl/N-ethyl adjacent to an activating group) is 1. The van der Waals surface area contributed by atoms with Crippen LogP contribution in [0.4, 0.5) is 0 Å². The van der Waals surface area contributed by atoms with Gasteiger partial charge in [-0.3, -0.25) is 4.79 Å². The first kappa shape index (κ1) is 24.7. The van der Waals surface area contributed by atoms with Gasteiger partial charge in [0.15, 0.2) is 0 Å². The van der Waals surface area contributed by atoms with Crippen LogP contribution in [0.5, 0.6) is 5.75 Å². The van der Waals surface area contributed by atoms with E-state index in [4.69, 9.17) is 4.74 Å². The van der Waals surface area contributed by atoms with Crippen molar-refractivity contribution >= 4 is 5.97 Å². The van der Waals surface area contributed by atoms with Crippen molar-refractivity contribution in [2.24, 2.45) is 0 Å². The van der Waals surface area contributed by atoms with Crippen molar-refractivity contribution in [2.45, 2.75) is 59.8 Å². The Bertz CT molecular complexity index is 590. The Balaban J connectivity index is 0.00000625. The van der Waals surface area contributed by atoms with Gasteiger partial charge >= 0.3 is 5.97 Å². The Hall–Kier alpha value is -1.26. The molecule has 1 rings (SSSR count). The second kappa shape index (κ2) is 10.2. The zero-order valence-electron chi connectivity index (χ0n) is 17.5. The van der Waals surface area contributed by atoms with Crippen LogP contribution in [0, 0.1) is 6.92 Å². The fourth-order valence-corrected chi connectivity index (χ4v) is 2.81. The molecule has 0 spiro atoms. The van der Waals surface area contributed by atoms with Crippen LogP contribution in [0.1, 0.15) is 57.7 Å². The second-order valence-corrected chi connectivity index (χ2v) is 8.25. The van der Waals surface area contributed by atoms with E-state index in [1.807, 2.05) is 19.1 Å². The molecule has 1 aromatic carbocycles. The molecule has 0 fully saturated rings. The molecule has 5 heteroatoms. The van der Waals surface area contributed by atoms with Crippen LogP contribution in [0.2, 0.25) is 0 Å². The molecule has 0 radical (unpaired) electrons. The van der Waals surface area contributed by atoms with Crippen molar-refractivity contribution < 1.29 is 31.5 Å². The highest BCUT2D eigenvalue weighted by molar-refractivity contribution is 5.69. The quantitative estimate of drug-likeness (QED) is 0.535. The standard InChI is InChI=1S/C21H35NO3.ClH/c1-8-22(7,9-2)12-13-25-19(23)11-10-17-14-16(3)20(24)18(15-17)21(4,5)6;/h14-15H,8-13H2,1-7H3;1H. The molecule has 0 aliphatic heterocycles. The zero-order chi connectivity index (χ0) is 19.3. The minimum absolute atomic E-state index is 0. The highest BCUT2D eigenvalue weighted by atomic mass is 35.5. The number of benzene rings is 1. The topological polar surface area (TPSA) is 46.5 Å². The maximum Gasteiger partial charge on any atom is 0.306 e. The first-order valence-electron chi connectivity index (χ1n) is 9.34. The lowest BCUT2D eigenvalue weighted by molar-refractivity contribution is -0.906. The van der Waals surface area contributed by atoms with Crippen molar-refractivity contribution in [1.82, 2.24) is 0 Å². The number of carbonyl (C=O) groups excluding carboxylic acids is 1. The summed E-state index contributed by atoms with van der Waals surface area (Å²) in [5, 5.41) is 10.3. The highest BCUT2D eigenvalue weighted by Gasteiger charge is 2.21. The summed E-state index contributed by atoms with van der Waals surface area (Å²) in [5.41, 5.74) is 2.72. The zero-order valence-corrected chi connectivity index (χ0v) is 18.2. The number of carbonyl (C=O) groups is 1. The SMILES string of the molecule is CC[N+](C)(CC)CCOC(=O)CCc1cc(C)c(O)c(C(C)(C)C)c1.[Cl-].